The van der Waals surface area contributed by atoms with Gasteiger partial charge in [0.15, 0.2) is 12.6 Å². The van der Waals surface area contributed by atoms with Gasteiger partial charge in [0, 0.05) is 33.2 Å². The standard InChI is InChI=1S/C19H29F3N4O/c1-15-4-3-10-26(13-15)11-9-24-18(23-2)25-12-16-5-7-17(8-6-16)27-14-19(20,21)22/h5-8,15H,3-4,9-14H2,1-2H3,(H2,23,24,25). The van der Waals surface area contributed by atoms with Crippen molar-refractivity contribution in [1.29, 1.82) is 0 Å². The minimum absolute atomic E-state index is 0.203. The van der Waals surface area contributed by atoms with Crippen molar-refractivity contribution in [2.75, 3.05) is 39.8 Å². The molecule has 1 atom stereocenters. The number of hydrogen-bond acceptors (Lipinski definition) is 3. The van der Waals surface area contributed by atoms with Gasteiger partial charge >= 0.3 is 6.18 Å². The summed E-state index contributed by atoms with van der Waals surface area (Å²) in [6, 6.07) is 6.55. The maximum atomic E-state index is 12.2. The Bertz CT molecular complexity index is 590. The summed E-state index contributed by atoms with van der Waals surface area (Å²) in [6.45, 7) is 5.64. The lowest BCUT2D eigenvalue weighted by molar-refractivity contribution is -0.153. The van der Waals surface area contributed by atoms with Crippen molar-refractivity contribution in [3.05, 3.63) is 29.8 Å². The molecule has 1 aromatic carbocycles. The summed E-state index contributed by atoms with van der Waals surface area (Å²) in [5.41, 5.74) is 0.933. The zero-order valence-corrected chi connectivity index (χ0v) is 16.0. The fraction of sp³-hybridized carbons (Fsp3) is 0.632. The van der Waals surface area contributed by atoms with Crippen LogP contribution in [0.4, 0.5) is 13.2 Å². The van der Waals surface area contributed by atoms with Gasteiger partial charge in [0.1, 0.15) is 5.75 Å². The Labute approximate surface area is 159 Å². The Hall–Kier alpha value is -1.96. The molecule has 2 N–H and O–H groups in total. The maximum absolute atomic E-state index is 12.2. The Morgan fingerprint density at radius 1 is 1.26 bits per heavy atom. The predicted octanol–water partition coefficient (Wildman–Crippen LogP) is 3.02. The van der Waals surface area contributed by atoms with Crippen molar-refractivity contribution in [2.24, 2.45) is 10.9 Å². The van der Waals surface area contributed by atoms with Gasteiger partial charge < -0.3 is 20.3 Å². The minimum Gasteiger partial charge on any atom is -0.484 e. The van der Waals surface area contributed by atoms with E-state index in [1.807, 2.05) is 0 Å². The SMILES string of the molecule is CN=C(NCCN1CCCC(C)C1)NCc1ccc(OCC(F)(F)F)cc1. The Balaban J connectivity index is 1.69. The molecule has 0 spiro atoms. The van der Waals surface area contributed by atoms with Crippen molar-refractivity contribution in [3.63, 3.8) is 0 Å². The summed E-state index contributed by atoms with van der Waals surface area (Å²) >= 11 is 0. The highest BCUT2D eigenvalue weighted by atomic mass is 19.4. The molecule has 1 fully saturated rings. The summed E-state index contributed by atoms with van der Waals surface area (Å²) in [7, 11) is 1.71. The number of benzene rings is 1. The molecule has 0 amide bonds. The van der Waals surface area contributed by atoms with E-state index in [0.717, 1.165) is 37.7 Å². The van der Waals surface area contributed by atoms with Gasteiger partial charge in [-0.25, -0.2) is 0 Å². The first-order valence-electron chi connectivity index (χ1n) is 9.31. The summed E-state index contributed by atoms with van der Waals surface area (Å²) in [4.78, 5) is 6.67. The molecule has 0 saturated carbocycles. The number of alkyl halides is 3. The number of hydrogen-bond donors (Lipinski definition) is 2. The molecule has 5 nitrogen and oxygen atoms in total. The van der Waals surface area contributed by atoms with Gasteiger partial charge in [-0.05, 0) is 43.0 Å². The van der Waals surface area contributed by atoms with Crippen LogP contribution in [0.15, 0.2) is 29.3 Å². The molecule has 1 unspecified atom stereocenters. The fourth-order valence-corrected chi connectivity index (χ4v) is 3.10. The maximum Gasteiger partial charge on any atom is 0.422 e. The molecule has 27 heavy (non-hydrogen) atoms. The quantitative estimate of drug-likeness (QED) is 0.559. The second-order valence-electron chi connectivity index (χ2n) is 6.95. The number of guanidine groups is 1. The van der Waals surface area contributed by atoms with Crippen LogP contribution in [-0.4, -0.2) is 56.9 Å². The highest BCUT2D eigenvalue weighted by Gasteiger charge is 2.28. The van der Waals surface area contributed by atoms with Gasteiger partial charge in [-0.15, -0.1) is 0 Å². The van der Waals surface area contributed by atoms with E-state index >= 15 is 0 Å². The number of likely N-dealkylation sites (tertiary alicyclic amines) is 1. The van der Waals surface area contributed by atoms with E-state index in [9.17, 15) is 13.2 Å². The van der Waals surface area contributed by atoms with Gasteiger partial charge in [-0.1, -0.05) is 19.1 Å². The molecular weight excluding hydrogens is 357 g/mol. The zero-order valence-electron chi connectivity index (χ0n) is 16.0. The Morgan fingerprint density at radius 2 is 2.00 bits per heavy atom. The molecule has 0 aliphatic carbocycles. The van der Waals surface area contributed by atoms with Gasteiger partial charge in [0.25, 0.3) is 0 Å². The first-order chi connectivity index (χ1) is 12.9. The molecule has 1 aliphatic rings. The number of aliphatic imine (C=N–C) groups is 1. The summed E-state index contributed by atoms with van der Waals surface area (Å²) < 4.78 is 41.2. The van der Waals surface area contributed by atoms with Crippen LogP contribution in [0, 0.1) is 5.92 Å². The number of rotatable bonds is 7. The van der Waals surface area contributed by atoms with E-state index < -0.39 is 12.8 Å². The molecule has 1 saturated heterocycles. The van der Waals surface area contributed by atoms with Crippen molar-refractivity contribution >= 4 is 5.96 Å². The number of ether oxygens (including phenoxy) is 1. The lowest BCUT2D eigenvalue weighted by Gasteiger charge is -2.30. The molecular formula is C19H29F3N4O. The summed E-state index contributed by atoms with van der Waals surface area (Å²) in [6.07, 6.45) is -1.76. The van der Waals surface area contributed by atoms with Gasteiger partial charge in [-0.2, -0.15) is 13.2 Å². The molecule has 0 radical (unpaired) electrons. The predicted molar refractivity (Wildman–Crippen MR) is 101 cm³/mol. The molecule has 2 rings (SSSR count). The average molecular weight is 386 g/mol. The number of halogens is 3. The van der Waals surface area contributed by atoms with Crippen LogP contribution in [0.1, 0.15) is 25.3 Å². The number of piperidine rings is 1. The van der Waals surface area contributed by atoms with E-state index in [-0.39, 0.29) is 5.75 Å². The van der Waals surface area contributed by atoms with Crippen LogP contribution in [0.25, 0.3) is 0 Å². The van der Waals surface area contributed by atoms with Crippen molar-refractivity contribution < 1.29 is 17.9 Å². The van der Waals surface area contributed by atoms with Crippen molar-refractivity contribution in [2.45, 2.75) is 32.5 Å². The molecule has 0 aromatic heterocycles. The van der Waals surface area contributed by atoms with Gasteiger partial charge in [-0.3, -0.25) is 4.99 Å². The van der Waals surface area contributed by atoms with Crippen molar-refractivity contribution in [3.8, 4) is 5.75 Å². The lowest BCUT2D eigenvalue weighted by atomic mass is 10.0. The normalized spacial score (nSPS) is 19.0. The molecule has 1 aliphatic heterocycles. The second kappa shape index (κ2) is 10.4. The minimum atomic E-state index is -4.33. The highest BCUT2D eigenvalue weighted by molar-refractivity contribution is 5.79. The Morgan fingerprint density at radius 3 is 2.63 bits per heavy atom. The molecule has 152 valence electrons. The zero-order chi connectivity index (χ0) is 19.7. The van der Waals surface area contributed by atoms with E-state index in [4.69, 9.17) is 4.74 Å². The third-order valence-electron chi connectivity index (χ3n) is 4.47. The molecule has 8 heteroatoms. The topological polar surface area (TPSA) is 48.9 Å². The molecule has 1 aromatic rings. The lowest BCUT2D eigenvalue weighted by Crippen LogP contribution is -2.43. The van der Waals surface area contributed by atoms with Crippen LogP contribution in [0.2, 0.25) is 0 Å². The monoisotopic (exact) mass is 386 g/mol. The highest BCUT2D eigenvalue weighted by Crippen LogP contribution is 2.19. The van der Waals surface area contributed by atoms with E-state index in [1.54, 1.807) is 19.2 Å². The van der Waals surface area contributed by atoms with E-state index in [0.29, 0.717) is 12.5 Å². The van der Waals surface area contributed by atoms with E-state index in [2.05, 4.69) is 27.4 Å². The van der Waals surface area contributed by atoms with Crippen molar-refractivity contribution in [1.82, 2.24) is 15.5 Å². The van der Waals surface area contributed by atoms with Crippen LogP contribution >= 0.6 is 0 Å². The summed E-state index contributed by atoms with van der Waals surface area (Å²) in [5.74, 6) is 1.67. The number of nitrogens with one attached hydrogen (secondary N) is 2. The van der Waals surface area contributed by atoms with Crippen LogP contribution in [-0.2, 0) is 6.54 Å². The van der Waals surface area contributed by atoms with Gasteiger partial charge in [0.2, 0.25) is 0 Å². The van der Waals surface area contributed by atoms with Crippen LogP contribution in [0.3, 0.4) is 0 Å². The average Bonchev–Trinajstić information content (AvgIpc) is 2.63. The third-order valence-corrected chi connectivity index (χ3v) is 4.47. The molecule has 1 heterocycles. The number of nitrogens with zero attached hydrogens (tertiary/aromatic N) is 2. The summed E-state index contributed by atoms with van der Waals surface area (Å²) in [5, 5.41) is 6.51. The first kappa shape index (κ1) is 21.3. The van der Waals surface area contributed by atoms with Crippen LogP contribution in [0.5, 0.6) is 5.75 Å². The fourth-order valence-electron chi connectivity index (χ4n) is 3.10. The second-order valence-corrected chi connectivity index (χ2v) is 6.95. The van der Waals surface area contributed by atoms with Gasteiger partial charge in [0.05, 0.1) is 0 Å². The first-order valence-corrected chi connectivity index (χ1v) is 9.31. The Kier molecular flexibility index (Phi) is 8.22. The van der Waals surface area contributed by atoms with Crippen LogP contribution < -0.4 is 15.4 Å². The largest absolute Gasteiger partial charge is 0.484 e. The third kappa shape index (κ3) is 8.51. The van der Waals surface area contributed by atoms with E-state index in [1.165, 1.54) is 25.0 Å². The smallest absolute Gasteiger partial charge is 0.422 e. The molecule has 0 bridgehead atoms.